The predicted octanol–water partition coefficient (Wildman–Crippen LogP) is 2.29. The van der Waals surface area contributed by atoms with E-state index in [0.717, 1.165) is 47.5 Å². The third-order valence-corrected chi connectivity index (χ3v) is 8.15. The first-order valence-corrected chi connectivity index (χ1v) is 12.9. The number of benzene rings is 3. The summed E-state index contributed by atoms with van der Waals surface area (Å²) in [7, 11) is 0. The number of hydrogen-bond acceptors (Lipinski definition) is 4. The summed E-state index contributed by atoms with van der Waals surface area (Å²) in [6.07, 6.45) is 2.62. The van der Waals surface area contributed by atoms with Gasteiger partial charge in [-0.3, -0.25) is 0 Å². The lowest BCUT2D eigenvalue weighted by molar-refractivity contribution is -0.959. The smallest absolute Gasteiger partial charge is 0.191 e. The monoisotopic (exact) mass is 560 g/mol. The molecule has 1 atom stereocenters. The Morgan fingerprint density at radius 1 is 0.865 bits per heavy atom. The molecule has 4 aromatic rings. The summed E-state index contributed by atoms with van der Waals surface area (Å²) in [6.45, 7) is 4.69. The van der Waals surface area contributed by atoms with Crippen LogP contribution in [-0.2, 0) is 23.5 Å². The molecule has 3 aromatic carbocycles. The fourth-order valence-corrected chi connectivity index (χ4v) is 6.12. The molecule has 0 amide bonds. The van der Waals surface area contributed by atoms with Crippen molar-refractivity contribution in [1.82, 2.24) is 5.16 Å². The second kappa shape index (κ2) is 10.9. The van der Waals surface area contributed by atoms with Crippen molar-refractivity contribution in [2.75, 3.05) is 19.6 Å². The van der Waals surface area contributed by atoms with E-state index < -0.39 is 5.60 Å². The molecule has 6 heteroatoms. The molecule has 3 fully saturated rings. The maximum Gasteiger partial charge on any atom is 0.191 e. The van der Waals surface area contributed by atoms with Crippen molar-refractivity contribution in [2.45, 2.75) is 37.7 Å². The van der Waals surface area contributed by atoms with Gasteiger partial charge in [-0.2, -0.15) is 0 Å². The Kier molecular flexibility index (Phi) is 7.63. The highest BCUT2D eigenvalue weighted by molar-refractivity contribution is 5.44. The maximum atomic E-state index is 12.0. The third kappa shape index (κ3) is 5.16. The lowest BCUT2D eigenvalue weighted by Gasteiger charge is -2.51. The van der Waals surface area contributed by atoms with E-state index in [0.29, 0.717) is 18.2 Å². The van der Waals surface area contributed by atoms with Crippen LogP contribution >= 0.6 is 0 Å². The van der Waals surface area contributed by atoms with Crippen LogP contribution in [0.4, 0.5) is 0 Å². The first-order valence-electron chi connectivity index (χ1n) is 12.9. The van der Waals surface area contributed by atoms with Crippen molar-refractivity contribution >= 4 is 0 Å². The van der Waals surface area contributed by atoms with Crippen molar-refractivity contribution in [3.63, 3.8) is 0 Å². The highest BCUT2D eigenvalue weighted by Gasteiger charge is 2.47. The molecule has 0 spiro atoms. The van der Waals surface area contributed by atoms with Crippen molar-refractivity contribution in [1.29, 1.82) is 0 Å². The predicted molar refractivity (Wildman–Crippen MR) is 138 cm³/mol. The lowest BCUT2D eigenvalue weighted by atomic mass is 9.82. The summed E-state index contributed by atoms with van der Waals surface area (Å²) in [5.41, 5.74) is 1.92. The van der Waals surface area contributed by atoms with Crippen LogP contribution < -0.4 is 17.0 Å². The Labute approximate surface area is 229 Å². The number of hydrogen-bond donors (Lipinski definition) is 1. The van der Waals surface area contributed by atoms with Crippen LogP contribution in [0, 0.1) is 5.92 Å². The average Bonchev–Trinajstić information content (AvgIpc) is 3.42. The van der Waals surface area contributed by atoms with Crippen molar-refractivity contribution in [3.8, 4) is 0 Å². The van der Waals surface area contributed by atoms with E-state index in [9.17, 15) is 5.11 Å². The van der Waals surface area contributed by atoms with Crippen LogP contribution in [0.3, 0.4) is 0 Å². The van der Waals surface area contributed by atoms with Gasteiger partial charge in [0.25, 0.3) is 0 Å². The van der Waals surface area contributed by atoms with Gasteiger partial charge in [0.15, 0.2) is 11.4 Å². The summed E-state index contributed by atoms with van der Waals surface area (Å²) >= 11 is 0. The number of aromatic nitrogens is 1. The number of quaternary nitrogens is 1. The summed E-state index contributed by atoms with van der Waals surface area (Å²) in [6, 6.07) is 31.8. The van der Waals surface area contributed by atoms with Gasteiger partial charge in [0.1, 0.15) is 24.9 Å². The number of fused-ring (bicyclic) bond motifs is 3. The van der Waals surface area contributed by atoms with Crippen LogP contribution in [-0.4, -0.2) is 40.5 Å². The minimum absolute atomic E-state index is 0. The minimum atomic E-state index is -1.37. The Bertz CT molecular complexity index is 1230. The van der Waals surface area contributed by atoms with Crippen LogP contribution in [0.25, 0.3) is 0 Å². The number of piperidine rings is 3. The van der Waals surface area contributed by atoms with Crippen LogP contribution in [0.2, 0.25) is 0 Å². The normalized spacial score (nSPS) is 22.9. The minimum Gasteiger partial charge on any atom is -1.00 e. The van der Waals surface area contributed by atoms with Gasteiger partial charge in [-0.05, 0) is 16.7 Å². The SMILES string of the molecule is OC(c1ccccc1)(c1ccccc1)c1cc(C[N+]23CCC(CC2)[C@@H](OCc2ccccc2)C3)on1.[Br-]. The van der Waals surface area contributed by atoms with E-state index in [1.54, 1.807) is 0 Å². The van der Waals surface area contributed by atoms with Crippen LogP contribution in [0.1, 0.15) is 41.0 Å². The van der Waals surface area contributed by atoms with Gasteiger partial charge in [0.2, 0.25) is 0 Å². The zero-order valence-corrected chi connectivity index (χ0v) is 22.5. The van der Waals surface area contributed by atoms with Crippen LogP contribution in [0.5, 0.6) is 0 Å². The van der Waals surface area contributed by atoms with E-state index >= 15 is 0 Å². The Morgan fingerprint density at radius 3 is 2.03 bits per heavy atom. The van der Waals surface area contributed by atoms with Crippen molar-refractivity contribution < 1.29 is 35.8 Å². The van der Waals surface area contributed by atoms with Gasteiger partial charge in [-0.15, -0.1) is 0 Å². The number of nitrogens with zero attached hydrogens (tertiary/aromatic N) is 2. The molecule has 3 aliphatic rings. The van der Waals surface area contributed by atoms with Gasteiger partial charge in [0.05, 0.1) is 19.7 Å². The molecule has 5 nitrogen and oxygen atoms in total. The molecule has 3 aliphatic heterocycles. The number of rotatable bonds is 8. The zero-order chi connectivity index (χ0) is 24.4. The topological polar surface area (TPSA) is 55.5 Å². The number of halogens is 1. The molecule has 1 N–H and O–H groups in total. The molecule has 0 radical (unpaired) electrons. The summed E-state index contributed by atoms with van der Waals surface area (Å²) in [4.78, 5) is 0. The second-order valence-corrected chi connectivity index (χ2v) is 10.4. The zero-order valence-electron chi connectivity index (χ0n) is 20.9. The maximum absolute atomic E-state index is 12.0. The van der Waals surface area contributed by atoms with E-state index in [-0.39, 0.29) is 23.1 Å². The fraction of sp³-hybridized carbons (Fsp3) is 0.323. The molecular formula is C31H33BrN2O3. The molecule has 37 heavy (non-hydrogen) atoms. The van der Waals surface area contributed by atoms with Gasteiger partial charge in [0, 0.05) is 24.8 Å². The van der Waals surface area contributed by atoms with Gasteiger partial charge in [-0.25, -0.2) is 0 Å². The van der Waals surface area contributed by atoms with Crippen molar-refractivity contribution in [3.05, 3.63) is 125 Å². The van der Waals surface area contributed by atoms with E-state index in [1.165, 1.54) is 18.4 Å². The second-order valence-electron chi connectivity index (χ2n) is 10.4. The summed E-state index contributed by atoms with van der Waals surface area (Å²) < 4.78 is 13.3. The fourth-order valence-electron chi connectivity index (χ4n) is 6.12. The first-order chi connectivity index (χ1) is 17.6. The summed E-state index contributed by atoms with van der Waals surface area (Å²) in [5.74, 6) is 1.46. The van der Waals surface area contributed by atoms with Crippen LogP contribution in [0.15, 0.2) is 102 Å². The van der Waals surface area contributed by atoms with Gasteiger partial charge in [-0.1, -0.05) is 96.2 Å². The Morgan fingerprint density at radius 2 is 1.43 bits per heavy atom. The third-order valence-electron chi connectivity index (χ3n) is 8.15. The molecule has 0 unspecified atom stereocenters. The summed E-state index contributed by atoms with van der Waals surface area (Å²) in [5, 5.41) is 16.5. The molecule has 0 saturated carbocycles. The highest BCUT2D eigenvalue weighted by Crippen LogP contribution is 2.39. The molecule has 192 valence electrons. The molecular weight excluding hydrogens is 528 g/mol. The lowest BCUT2D eigenvalue weighted by Crippen LogP contribution is -3.00. The van der Waals surface area contributed by atoms with E-state index in [2.05, 4.69) is 29.4 Å². The first kappa shape index (κ1) is 25.9. The molecule has 4 heterocycles. The Balaban J connectivity index is 0.00000280. The quantitative estimate of drug-likeness (QED) is 0.336. The molecule has 3 saturated heterocycles. The highest BCUT2D eigenvalue weighted by atomic mass is 79.9. The van der Waals surface area contributed by atoms with E-state index in [1.807, 2.05) is 72.8 Å². The average molecular weight is 562 g/mol. The molecule has 7 rings (SSSR count). The van der Waals surface area contributed by atoms with Gasteiger partial charge >= 0.3 is 0 Å². The molecule has 1 aromatic heterocycles. The molecule has 2 bridgehead atoms. The Hall–Kier alpha value is -2.77. The molecule has 0 aliphatic carbocycles. The van der Waals surface area contributed by atoms with Crippen molar-refractivity contribution in [2.24, 2.45) is 5.92 Å². The standard InChI is InChI=1S/C31H33N2O3.BrH/c34-31(26-12-6-2-7-13-26,27-14-8-3-9-15-27)30-20-28(36-32-30)21-33-18-16-25(17-19-33)29(22-33)35-23-24-10-4-1-5-11-24;/h1-15,20,25,29,34H,16-19,21-23H2;1H/q+1;/p-1/t25?,29-,33?;/m0./s1. The largest absolute Gasteiger partial charge is 1.00 e. The number of aliphatic hydroxyl groups is 1. The van der Waals surface area contributed by atoms with E-state index in [4.69, 9.17) is 9.26 Å². The number of ether oxygens (including phenoxy) is 1. The van der Waals surface area contributed by atoms with Gasteiger partial charge < -0.3 is 35.8 Å².